The molecule has 29 heavy (non-hydrogen) atoms. The molecular weight excluding hydrogens is 380 g/mol. The van der Waals surface area contributed by atoms with Gasteiger partial charge in [-0.3, -0.25) is 9.30 Å². The summed E-state index contributed by atoms with van der Waals surface area (Å²) >= 11 is 2.01. The van der Waals surface area contributed by atoms with Crippen LogP contribution in [0.5, 0.6) is 0 Å². The second-order valence-electron chi connectivity index (χ2n) is 8.49. The summed E-state index contributed by atoms with van der Waals surface area (Å²) in [5.41, 5.74) is 4.85. The highest BCUT2D eigenvalue weighted by molar-refractivity contribution is 8.01. The number of aromatic nitrogens is 2. The molecule has 0 spiro atoms. The number of nitrogens with one attached hydrogen (secondary N) is 2. The van der Waals surface area contributed by atoms with Crippen molar-refractivity contribution in [1.29, 1.82) is 5.26 Å². The topological polar surface area (TPSA) is 62.7 Å². The second-order valence-corrected chi connectivity index (χ2v) is 10.2. The van der Waals surface area contributed by atoms with Gasteiger partial charge in [-0.25, -0.2) is 4.98 Å². The van der Waals surface area contributed by atoms with Crippen LogP contribution in [-0.4, -0.2) is 52.0 Å². The van der Waals surface area contributed by atoms with Gasteiger partial charge in [-0.1, -0.05) is 12.1 Å². The van der Waals surface area contributed by atoms with Gasteiger partial charge in [0.1, 0.15) is 25.0 Å². The number of hydrogen-bond donors (Lipinski definition) is 2. The lowest BCUT2D eigenvalue weighted by molar-refractivity contribution is -0.985. The van der Waals surface area contributed by atoms with Crippen molar-refractivity contribution in [2.75, 3.05) is 31.1 Å². The molecular formula is C22H26N6S+2. The molecule has 5 rings (SSSR count). The largest absolute Gasteiger partial charge is 0.346 e. The Hall–Kier alpha value is -2.56. The van der Waals surface area contributed by atoms with Crippen molar-refractivity contribution in [2.24, 2.45) is 0 Å². The molecule has 4 heterocycles. The molecule has 7 heteroatoms. The third kappa shape index (κ3) is 3.07. The molecule has 0 saturated carbocycles. The van der Waals surface area contributed by atoms with Gasteiger partial charge in [0.25, 0.3) is 0 Å². The van der Waals surface area contributed by atoms with Crippen molar-refractivity contribution in [2.45, 2.75) is 31.0 Å². The summed E-state index contributed by atoms with van der Waals surface area (Å²) in [5.74, 6) is 1.14. The summed E-state index contributed by atoms with van der Waals surface area (Å²) in [4.78, 5) is 12.4. The predicted octanol–water partition coefficient (Wildman–Crippen LogP) is 0.333. The third-order valence-corrected chi connectivity index (χ3v) is 7.40. The average molecular weight is 407 g/mol. The average Bonchev–Trinajstić information content (AvgIpc) is 3.27. The number of benzene rings is 1. The maximum atomic E-state index is 9.71. The first-order valence-corrected chi connectivity index (χ1v) is 11.0. The summed E-state index contributed by atoms with van der Waals surface area (Å²) in [6.07, 6.45) is 2.23. The number of thioether (sulfide) groups is 1. The van der Waals surface area contributed by atoms with Crippen molar-refractivity contribution in [3.63, 3.8) is 0 Å². The van der Waals surface area contributed by atoms with Crippen molar-refractivity contribution in [1.82, 2.24) is 9.38 Å². The number of nitrogens with zero attached hydrogens (tertiary/aromatic N) is 4. The SMILES string of the molecule is Cc1cc(N2CC[NH+]([C@H]3[NH+]=CC(C)(C)S3)CC2)n2c(nc3ccccc32)c1C#N. The molecule has 148 valence electrons. The molecule has 0 bridgehead atoms. The molecule has 0 amide bonds. The summed E-state index contributed by atoms with van der Waals surface area (Å²) in [6, 6.07) is 12.7. The standard InChI is InChI=1S/C22H24N6S/c1-15-12-19(26-8-10-27(11-9-26)21-24-14-22(2,3)29-21)28-18-7-5-4-6-17(18)25-20(28)16(15)13-23/h4-7,12,14,21H,8-11H2,1-3H3/p+2/t21-/m1/s1. The van der Waals surface area contributed by atoms with Crippen LogP contribution in [0.1, 0.15) is 25.0 Å². The molecule has 0 unspecified atom stereocenters. The highest BCUT2D eigenvalue weighted by atomic mass is 32.2. The van der Waals surface area contributed by atoms with Gasteiger partial charge in [0.15, 0.2) is 11.9 Å². The van der Waals surface area contributed by atoms with Crippen LogP contribution < -0.4 is 14.8 Å². The number of anilines is 1. The monoisotopic (exact) mass is 406 g/mol. The minimum atomic E-state index is 0.195. The summed E-state index contributed by atoms with van der Waals surface area (Å²) in [7, 11) is 0. The Kier molecular flexibility index (Phi) is 4.30. The van der Waals surface area contributed by atoms with Crippen LogP contribution in [-0.2, 0) is 0 Å². The first kappa shape index (κ1) is 18.5. The zero-order valence-electron chi connectivity index (χ0n) is 17.1. The van der Waals surface area contributed by atoms with E-state index in [1.165, 1.54) is 0 Å². The van der Waals surface area contributed by atoms with Gasteiger partial charge in [0, 0.05) is 0 Å². The number of aryl methyl sites for hydroxylation is 1. The van der Waals surface area contributed by atoms with Crippen LogP contribution >= 0.6 is 11.8 Å². The second kappa shape index (κ2) is 6.75. The zero-order chi connectivity index (χ0) is 20.2. The molecule has 0 aliphatic carbocycles. The lowest BCUT2D eigenvalue weighted by Crippen LogP contribution is -3.25. The van der Waals surface area contributed by atoms with Gasteiger partial charge < -0.3 is 4.90 Å². The number of para-hydroxylation sites is 2. The quantitative estimate of drug-likeness (QED) is 0.644. The molecule has 2 aliphatic rings. The Labute approximate surface area is 174 Å². The van der Waals surface area contributed by atoms with Crippen molar-refractivity contribution < 1.29 is 9.89 Å². The molecule has 1 aromatic carbocycles. The minimum Gasteiger partial charge on any atom is -0.346 e. The third-order valence-electron chi connectivity index (χ3n) is 5.97. The van der Waals surface area contributed by atoms with Gasteiger partial charge in [-0.05, 0) is 56.3 Å². The highest BCUT2D eigenvalue weighted by Gasteiger charge is 2.41. The normalized spacial score (nSPS) is 21.9. The smallest absolute Gasteiger partial charge is 0.326 e. The Morgan fingerprint density at radius 1 is 1.28 bits per heavy atom. The van der Waals surface area contributed by atoms with E-state index >= 15 is 0 Å². The number of piperazine rings is 1. The van der Waals surface area contributed by atoms with E-state index in [1.54, 1.807) is 4.90 Å². The van der Waals surface area contributed by atoms with Crippen LogP contribution in [0.15, 0.2) is 30.3 Å². The van der Waals surface area contributed by atoms with Crippen LogP contribution in [0.2, 0.25) is 0 Å². The Bertz CT molecular complexity index is 1160. The summed E-state index contributed by atoms with van der Waals surface area (Å²) in [6.45, 7) is 10.7. The van der Waals surface area contributed by atoms with Crippen LogP contribution in [0, 0.1) is 18.3 Å². The van der Waals surface area contributed by atoms with E-state index in [0.29, 0.717) is 11.1 Å². The molecule has 1 fully saturated rings. The fourth-order valence-electron chi connectivity index (χ4n) is 4.44. The van der Waals surface area contributed by atoms with E-state index in [4.69, 9.17) is 4.98 Å². The first-order valence-electron chi connectivity index (χ1n) is 10.2. The molecule has 0 radical (unpaired) electrons. The Balaban J connectivity index is 1.50. The first-order chi connectivity index (χ1) is 14.0. The maximum absolute atomic E-state index is 9.71. The molecule has 1 saturated heterocycles. The fourth-order valence-corrected chi connectivity index (χ4v) is 5.72. The van der Waals surface area contributed by atoms with Crippen LogP contribution in [0.3, 0.4) is 0 Å². The molecule has 2 aliphatic heterocycles. The van der Waals surface area contributed by atoms with Gasteiger partial charge in [-0.15, -0.1) is 0 Å². The van der Waals surface area contributed by atoms with Crippen molar-refractivity contribution >= 4 is 40.5 Å². The number of nitriles is 1. The summed E-state index contributed by atoms with van der Waals surface area (Å²) < 4.78 is 2.37. The van der Waals surface area contributed by atoms with E-state index in [0.717, 1.165) is 54.2 Å². The minimum absolute atomic E-state index is 0.195. The predicted molar refractivity (Wildman–Crippen MR) is 118 cm³/mol. The molecule has 2 aromatic heterocycles. The summed E-state index contributed by atoms with van der Waals surface area (Å²) in [5, 5.41) is 9.71. The van der Waals surface area contributed by atoms with Gasteiger partial charge in [0.05, 0.1) is 34.4 Å². The van der Waals surface area contributed by atoms with E-state index in [-0.39, 0.29) is 4.75 Å². The lowest BCUT2D eigenvalue weighted by atomic mass is 10.1. The van der Waals surface area contributed by atoms with E-state index < -0.39 is 0 Å². The van der Waals surface area contributed by atoms with Gasteiger partial charge >= 0.3 is 5.50 Å². The van der Waals surface area contributed by atoms with Crippen LogP contribution in [0.25, 0.3) is 16.7 Å². The molecule has 6 nitrogen and oxygen atoms in total. The molecule has 1 atom stereocenters. The van der Waals surface area contributed by atoms with Crippen molar-refractivity contribution in [3.8, 4) is 6.07 Å². The van der Waals surface area contributed by atoms with E-state index in [9.17, 15) is 5.26 Å². The number of rotatable bonds is 2. The highest BCUT2D eigenvalue weighted by Crippen LogP contribution is 2.29. The molecule has 2 N–H and O–H groups in total. The Morgan fingerprint density at radius 2 is 2.03 bits per heavy atom. The van der Waals surface area contributed by atoms with Crippen molar-refractivity contribution in [3.05, 3.63) is 41.5 Å². The number of fused-ring (bicyclic) bond motifs is 3. The number of imidazole rings is 1. The number of hydrogen-bond acceptors (Lipinski definition) is 4. The lowest BCUT2D eigenvalue weighted by Gasteiger charge is -2.34. The number of quaternary nitrogens is 1. The van der Waals surface area contributed by atoms with Gasteiger partial charge in [-0.2, -0.15) is 10.3 Å². The van der Waals surface area contributed by atoms with Gasteiger partial charge in [0.2, 0.25) is 0 Å². The fraction of sp³-hybridized carbons (Fsp3) is 0.409. The molecule has 3 aromatic rings. The Morgan fingerprint density at radius 3 is 2.72 bits per heavy atom. The van der Waals surface area contributed by atoms with Crippen LogP contribution in [0.4, 0.5) is 5.82 Å². The maximum Gasteiger partial charge on any atom is 0.326 e. The number of pyridine rings is 1. The van der Waals surface area contributed by atoms with E-state index in [2.05, 4.69) is 52.6 Å². The zero-order valence-corrected chi connectivity index (χ0v) is 17.9. The van der Waals surface area contributed by atoms with E-state index in [1.807, 2.05) is 36.9 Å².